The molecule has 5 rings (SSSR count). The maximum atomic E-state index is 13.8. The van der Waals surface area contributed by atoms with Crippen LogP contribution in [0.4, 0.5) is 27.6 Å². The lowest BCUT2D eigenvalue weighted by atomic mass is 10.0. The Balaban J connectivity index is 1.52. The molecule has 9 nitrogen and oxygen atoms in total. The molecule has 1 aliphatic rings. The fraction of sp³-hybridized carbons (Fsp3) is 0.400. The molecule has 1 fully saturated rings. The second-order valence-corrected chi connectivity index (χ2v) is 10.5. The van der Waals surface area contributed by atoms with Crippen LogP contribution in [-0.4, -0.2) is 36.4 Å². The highest BCUT2D eigenvalue weighted by Crippen LogP contribution is 2.44. The number of nitrogens with two attached hydrogens (primary N) is 1. The molecule has 3 N–H and O–H groups in total. The van der Waals surface area contributed by atoms with E-state index in [9.17, 15) is 31.5 Å². The van der Waals surface area contributed by atoms with Gasteiger partial charge in [0.1, 0.15) is 15.4 Å². The number of carbonyl (C=O) groups is 2. The number of amides is 2. The third kappa shape index (κ3) is 5.17. The van der Waals surface area contributed by atoms with Crippen molar-refractivity contribution in [2.75, 3.05) is 5.32 Å². The molecule has 0 atom stereocenters. The van der Waals surface area contributed by atoms with Crippen molar-refractivity contribution < 1.29 is 31.5 Å². The van der Waals surface area contributed by atoms with Crippen molar-refractivity contribution in [3.63, 3.8) is 0 Å². The van der Waals surface area contributed by atoms with Crippen LogP contribution in [0, 0.1) is 6.92 Å². The lowest BCUT2D eigenvalue weighted by Gasteiger charge is -2.12. The van der Waals surface area contributed by atoms with Gasteiger partial charge in [0.15, 0.2) is 5.69 Å². The number of hydrogen-bond acceptors (Lipinski definition) is 6. The molecule has 4 heterocycles. The number of aromatic nitrogens is 5. The molecule has 0 saturated heterocycles. The SMILES string of the molecule is CCn1ncc(-c2cc(C(F)F)nc3sc(C(N)=O)c(NC(=O)CCn4nc(C(F)(F)F)cc4C4CC4)c23)c1C. The molecule has 1 aliphatic carbocycles. The second kappa shape index (κ2) is 10.3. The van der Waals surface area contributed by atoms with Gasteiger partial charge >= 0.3 is 6.18 Å². The van der Waals surface area contributed by atoms with Gasteiger partial charge in [0, 0.05) is 47.8 Å². The van der Waals surface area contributed by atoms with Crippen molar-refractivity contribution in [2.24, 2.45) is 5.73 Å². The fourth-order valence-electron chi connectivity index (χ4n) is 4.63. The number of fused-ring (bicyclic) bond motifs is 1. The maximum absolute atomic E-state index is 13.8. The lowest BCUT2D eigenvalue weighted by molar-refractivity contribution is -0.141. The third-order valence-electron chi connectivity index (χ3n) is 6.73. The summed E-state index contributed by atoms with van der Waals surface area (Å²) in [5.74, 6) is -1.57. The van der Waals surface area contributed by atoms with Crippen LogP contribution in [0.1, 0.15) is 71.0 Å². The Kier molecular flexibility index (Phi) is 7.10. The van der Waals surface area contributed by atoms with Crippen LogP contribution in [0.5, 0.6) is 0 Å². The smallest absolute Gasteiger partial charge is 0.365 e. The number of aryl methyl sites for hydroxylation is 2. The maximum Gasteiger partial charge on any atom is 0.435 e. The van der Waals surface area contributed by atoms with E-state index in [1.807, 2.05) is 6.92 Å². The van der Waals surface area contributed by atoms with E-state index in [2.05, 4.69) is 20.5 Å². The van der Waals surface area contributed by atoms with Crippen molar-refractivity contribution >= 4 is 39.1 Å². The fourth-order valence-corrected chi connectivity index (χ4v) is 5.64. The Hall–Kier alpha value is -3.88. The Morgan fingerprint density at radius 2 is 1.93 bits per heavy atom. The van der Waals surface area contributed by atoms with Gasteiger partial charge in [-0.1, -0.05) is 0 Å². The molecule has 0 aromatic carbocycles. The average Bonchev–Trinajstić information content (AvgIpc) is 3.35. The number of pyridine rings is 1. The highest BCUT2D eigenvalue weighted by atomic mass is 32.1. The molecule has 40 heavy (non-hydrogen) atoms. The first-order valence-corrected chi connectivity index (χ1v) is 13.2. The Morgan fingerprint density at radius 1 is 1.20 bits per heavy atom. The van der Waals surface area contributed by atoms with Crippen LogP contribution in [0.3, 0.4) is 0 Å². The molecule has 0 spiro atoms. The van der Waals surface area contributed by atoms with Gasteiger partial charge in [-0.25, -0.2) is 13.8 Å². The summed E-state index contributed by atoms with van der Waals surface area (Å²) in [5.41, 5.74) is 5.90. The van der Waals surface area contributed by atoms with E-state index in [4.69, 9.17) is 5.73 Å². The summed E-state index contributed by atoms with van der Waals surface area (Å²) >= 11 is 0.764. The number of nitrogens with zero attached hydrogens (tertiary/aromatic N) is 5. The average molecular weight is 582 g/mol. The second-order valence-electron chi connectivity index (χ2n) is 9.45. The van der Waals surface area contributed by atoms with E-state index in [0.29, 0.717) is 23.5 Å². The number of rotatable bonds is 9. The first-order valence-electron chi connectivity index (χ1n) is 12.4. The van der Waals surface area contributed by atoms with E-state index in [1.54, 1.807) is 11.6 Å². The lowest BCUT2D eigenvalue weighted by Crippen LogP contribution is -2.19. The number of primary amides is 1. The zero-order valence-corrected chi connectivity index (χ0v) is 22.2. The van der Waals surface area contributed by atoms with E-state index in [1.165, 1.54) is 16.9 Å². The minimum absolute atomic E-state index is 0.00308. The van der Waals surface area contributed by atoms with Crippen molar-refractivity contribution in [1.82, 2.24) is 24.5 Å². The van der Waals surface area contributed by atoms with Gasteiger partial charge in [-0.15, -0.1) is 11.3 Å². The van der Waals surface area contributed by atoms with Gasteiger partial charge in [-0.05, 0) is 44.4 Å². The van der Waals surface area contributed by atoms with Gasteiger partial charge in [-0.3, -0.25) is 19.0 Å². The van der Waals surface area contributed by atoms with Gasteiger partial charge in [-0.2, -0.15) is 23.4 Å². The Morgan fingerprint density at radius 3 is 2.50 bits per heavy atom. The molecule has 1 saturated carbocycles. The molecular formula is C25H24F5N7O2S. The molecule has 4 aromatic rings. The van der Waals surface area contributed by atoms with Crippen LogP contribution in [0.25, 0.3) is 21.3 Å². The molecule has 0 unspecified atom stereocenters. The van der Waals surface area contributed by atoms with Crippen LogP contribution in [0.15, 0.2) is 18.3 Å². The van der Waals surface area contributed by atoms with Crippen molar-refractivity contribution in [3.8, 4) is 11.1 Å². The van der Waals surface area contributed by atoms with Gasteiger partial charge < -0.3 is 11.1 Å². The van der Waals surface area contributed by atoms with Crippen LogP contribution >= 0.6 is 11.3 Å². The van der Waals surface area contributed by atoms with Gasteiger partial charge in [0.05, 0.1) is 11.9 Å². The molecule has 15 heteroatoms. The number of nitrogens with one attached hydrogen (secondary N) is 1. The summed E-state index contributed by atoms with van der Waals surface area (Å²) in [7, 11) is 0. The largest absolute Gasteiger partial charge is 0.435 e. The predicted octanol–water partition coefficient (Wildman–Crippen LogP) is 5.65. The molecule has 0 radical (unpaired) electrons. The Bertz CT molecular complexity index is 1620. The topological polar surface area (TPSA) is 121 Å². The zero-order valence-electron chi connectivity index (χ0n) is 21.4. The quantitative estimate of drug-likeness (QED) is 0.248. The minimum atomic E-state index is -4.62. The highest BCUT2D eigenvalue weighted by molar-refractivity contribution is 7.21. The molecule has 0 bridgehead atoms. The molecular weight excluding hydrogens is 557 g/mol. The summed E-state index contributed by atoms with van der Waals surface area (Å²) in [6, 6.07) is 2.19. The number of hydrogen-bond donors (Lipinski definition) is 2. The standard InChI is InChI=1S/C25H24F5N7O2S/c1-3-36-11(2)14(10-32-36)13-8-15(22(26)27)33-24-19(13)20(21(40-24)23(31)39)34-18(38)6-7-37-16(12-4-5-12)9-17(35-37)25(28,29)30/h8-10,12,22H,3-7H2,1-2H3,(H2,31,39)(H,34,38). The molecule has 212 valence electrons. The molecule has 4 aromatic heterocycles. The van der Waals surface area contributed by atoms with Gasteiger partial charge in [0.2, 0.25) is 5.91 Å². The number of alkyl halides is 5. The van der Waals surface area contributed by atoms with Crippen LogP contribution in [0.2, 0.25) is 0 Å². The number of anilines is 1. The Labute approximate surface area is 228 Å². The van der Waals surface area contributed by atoms with Crippen molar-refractivity contribution in [1.29, 1.82) is 0 Å². The number of carbonyl (C=O) groups excluding carboxylic acids is 2. The summed E-state index contributed by atoms with van der Waals surface area (Å²) < 4.78 is 70.1. The van der Waals surface area contributed by atoms with E-state index in [0.717, 1.165) is 30.2 Å². The van der Waals surface area contributed by atoms with Crippen LogP contribution in [-0.2, 0) is 24.1 Å². The van der Waals surface area contributed by atoms with E-state index < -0.39 is 35.8 Å². The normalized spacial score (nSPS) is 13.9. The predicted molar refractivity (Wildman–Crippen MR) is 137 cm³/mol. The number of halogens is 5. The van der Waals surface area contributed by atoms with Crippen LogP contribution < -0.4 is 11.1 Å². The monoisotopic (exact) mass is 581 g/mol. The van der Waals surface area contributed by atoms with Crippen molar-refractivity contribution in [2.45, 2.75) is 64.7 Å². The summed E-state index contributed by atoms with van der Waals surface area (Å²) in [4.78, 5) is 29.4. The summed E-state index contributed by atoms with van der Waals surface area (Å²) in [5, 5.41) is 10.8. The molecule has 0 aliphatic heterocycles. The van der Waals surface area contributed by atoms with E-state index in [-0.39, 0.29) is 45.2 Å². The summed E-state index contributed by atoms with van der Waals surface area (Å²) in [6.45, 7) is 4.01. The molecule has 2 amide bonds. The van der Waals surface area contributed by atoms with E-state index >= 15 is 0 Å². The van der Waals surface area contributed by atoms with Crippen molar-refractivity contribution in [3.05, 3.63) is 46.0 Å². The number of thiophene rings is 1. The van der Waals surface area contributed by atoms with Gasteiger partial charge in [0.25, 0.3) is 12.3 Å². The minimum Gasteiger partial charge on any atom is -0.365 e. The first-order chi connectivity index (χ1) is 18.9. The zero-order chi connectivity index (χ0) is 28.9. The first kappa shape index (κ1) is 27.7. The highest BCUT2D eigenvalue weighted by Gasteiger charge is 2.38. The summed E-state index contributed by atoms with van der Waals surface area (Å²) in [6.07, 6.45) is -4.80. The third-order valence-corrected chi connectivity index (χ3v) is 7.83.